The second kappa shape index (κ2) is 3.81. The molecule has 0 N–H and O–H groups in total. The minimum Gasteiger partial charge on any atom is -0.302 e. The van der Waals surface area contributed by atoms with E-state index < -0.39 is 0 Å². The SMILES string of the molecule is CCN1CCC(=O)C(C(C)=O)C1. The fraction of sp³-hybridized carbons (Fsp3) is 0.778. The Hall–Kier alpha value is -0.700. The van der Waals surface area contributed by atoms with Gasteiger partial charge in [-0.25, -0.2) is 0 Å². The molecule has 1 saturated heterocycles. The van der Waals surface area contributed by atoms with Crippen molar-refractivity contribution in [2.24, 2.45) is 5.92 Å². The van der Waals surface area contributed by atoms with E-state index in [0.29, 0.717) is 13.0 Å². The van der Waals surface area contributed by atoms with Gasteiger partial charge in [0.15, 0.2) is 0 Å². The number of rotatable bonds is 2. The van der Waals surface area contributed by atoms with Gasteiger partial charge in [0.25, 0.3) is 0 Å². The highest BCUT2D eigenvalue weighted by molar-refractivity contribution is 6.02. The van der Waals surface area contributed by atoms with E-state index >= 15 is 0 Å². The van der Waals surface area contributed by atoms with E-state index in [4.69, 9.17) is 0 Å². The van der Waals surface area contributed by atoms with Crippen molar-refractivity contribution in [3.63, 3.8) is 0 Å². The first-order valence-electron chi connectivity index (χ1n) is 4.40. The summed E-state index contributed by atoms with van der Waals surface area (Å²) in [5.74, 6) is -0.218. The second-order valence-corrected chi connectivity index (χ2v) is 3.27. The van der Waals surface area contributed by atoms with Crippen molar-refractivity contribution in [2.75, 3.05) is 19.6 Å². The molecule has 0 bridgehead atoms. The normalized spacial score (nSPS) is 25.8. The molecule has 0 spiro atoms. The van der Waals surface area contributed by atoms with Crippen molar-refractivity contribution in [3.8, 4) is 0 Å². The van der Waals surface area contributed by atoms with Gasteiger partial charge in [0.1, 0.15) is 11.6 Å². The summed E-state index contributed by atoms with van der Waals surface area (Å²) >= 11 is 0. The van der Waals surface area contributed by atoms with Crippen molar-refractivity contribution in [2.45, 2.75) is 20.3 Å². The molecule has 1 aliphatic rings. The first-order chi connectivity index (χ1) is 5.65. The highest BCUT2D eigenvalue weighted by Crippen LogP contribution is 2.13. The van der Waals surface area contributed by atoms with Crippen molar-refractivity contribution in [1.82, 2.24) is 4.90 Å². The average molecular weight is 169 g/mol. The molecule has 1 fully saturated rings. The van der Waals surface area contributed by atoms with Gasteiger partial charge in [0, 0.05) is 19.5 Å². The van der Waals surface area contributed by atoms with Gasteiger partial charge in [-0.3, -0.25) is 9.59 Å². The van der Waals surface area contributed by atoms with E-state index in [1.807, 2.05) is 6.92 Å². The quantitative estimate of drug-likeness (QED) is 0.564. The number of piperidine rings is 1. The number of carbonyl (C=O) groups is 2. The smallest absolute Gasteiger partial charge is 0.145 e. The van der Waals surface area contributed by atoms with Crippen molar-refractivity contribution in [3.05, 3.63) is 0 Å². The van der Waals surface area contributed by atoms with E-state index in [0.717, 1.165) is 13.1 Å². The Morgan fingerprint density at radius 3 is 2.83 bits per heavy atom. The second-order valence-electron chi connectivity index (χ2n) is 3.27. The van der Waals surface area contributed by atoms with E-state index in [1.165, 1.54) is 6.92 Å². The molecule has 0 aromatic rings. The first kappa shape index (κ1) is 9.39. The summed E-state index contributed by atoms with van der Waals surface area (Å²) in [6, 6.07) is 0. The summed E-state index contributed by atoms with van der Waals surface area (Å²) in [5, 5.41) is 0. The topological polar surface area (TPSA) is 37.4 Å². The maximum atomic E-state index is 11.2. The largest absolute Gasteiger partial charge is 0.302 e. The van der Waals surface area contributed by atoms with Crippen LogP contribution in [-0.2, 0) is 9.59 Å². The van der Waals surface area contributed by atoms with Crippen LogP contribution < -0.4 is 0 Å². The number of ketones is 2. The van der Waals surface area contributed by atoms with Crippen LogP contribution in [0.1, 0.15) is 20.3 Å². The third-order valence-electron chi connectivity index (χ3n) is 2.44. The summed E-state index contributed by atoms with van der Waals surface area (Å²) < 4.78 is 0. The summed E-state index contributed by atoms with van der Waals surface area (Å²) in [6.45, 7) is 5.93. The fourth-order valence-corrected chi connectivity index (χ4v) is 1.54. The lowest BCUT2D eigenvalue weighted by molar-refractivity contribution is -0.134. The zero-order valence-electron chi connectivity index (χ0n) is 7.67. The van der Waals surface area contributed by atoms with Gasteiger partial charge in [-0.15, -0.1) is 0 Å². The lowest BCUT2D eigenvalue weighted by atomic mass is 9.93. The molecular weight excluding hydrogens is 154 g/mol. The van der Waals surface area contributed by atoms with Crippen LogP contribution in [0.15, 0.2) is 0 Å². The van der Waals surface area contributed by atoms with Crippen molar-refractivity contribution in [1.29, 1.82) is 0 Å². The predicted molar refractivity (Wildman–Crippen MR) is 45.9 cm³/mol. The van der Waals surface area contributed by atoms with Gasteiger partial charge in [-0.05, 0) is 13.5 Å². The Balaban J connectivity index is 2.59. The predicted octanol–water partition coefficient (Wildman–Crippen LogP) is 0.486. The Morgan fingerprint density at radius 2 is 2.33 bits per heavy atom. The zero-order chi connectivity index (χ0) is 9.14. The number of hydrogen-bond acceptors (Lipinski definition) is 3. The van der Waals surface area contributed by atoms with Gasteiger partial charge >= 0.3 is 0 Å². The monoisotopic (exact) mass is 169 g/mol. The molecule has 0 aromatic heterocycles. The van der Waals surface area contributed by atoms with Crippen LogP contribution in [0.5, 0.6) is 0 Å². The van der Waals surface area contributed by atoms with Gasteiger partial charge < -0.3 is 4.90 Å². The van der Waals surface area contributed by atoms with Gasteiger partial charge in [-0.2, -0.15) is 0 Å². The van der Waals surface area contributed by atoms with Gasteiger partial charge in [0.2, 0.25) is 0 Å². The van der Waals surface area contributed by atoms with Gasteiger partial charge in [0.05, 0.1) is 5.92 Å². The highest BCUT2D eigenvalue weighted by Gasteiger charge is 2.29. The van der Waals surface area contributed by atoms with Crippen LogP contribution in [0, 0.1) is 5.92 Å². The highest BCUT2D eigenvalue weighted by atomic mass is 16.1. The van der Waals surface area contributed by atoms with Crippen LogP contribution in [0.3, 0.4) is 0 Å². The molecule has 0 saturated carbocycles. The molecule has 1 rings (SSSR count). The molecule has 3 nitrogen and oxygen atoms in total. The third kappa shape index (κ3) is 1.91. The minimum atomic E-state index is -0.348. The summed E-state index contributed by atoms with van der Waals surface area (Å²) in [7, 11) is 0. The molecule has 1 heterocycles. The number of carbonyl (C=O) groups excluding carboxylic acids is 2. The molecule has 12 heavy (non-hydrogen) atoms. The molecule has 0 amide bonds. The zero-order valence-corrected chi connectivity index (χ0v) is 7.67. The molecule has 0 aromatic carbocycles. The molecule has 1 atom stereocenters. The average Bonchev–Trinajstić information content (AvgIpc) is 2.05. The van der Waals surface area contributed by atoms with Crippen LogP contribution in [-0.4, -0.2) is 36.1 Å². The molecular formula is C9H15NO2. The molecule has 68 valence electrons. The van der Waals surface area contributed by atoms with Crippen molar-refractivity contribution >= 4 is 11.6 Å². The minimum absolute atomic E-state index is 0.0122. The van der Waals surface area contributed by atoms with Crippen LogP contribution in [0.25, 0.3) is 0 Å². The standard InChI is InChI=1S/C9H15NO2/c1-3-10-5-4-9(12)8(6-10)7(2)11/h8H,3-6H2,1-2H3. The van der Waals surface area contributed by atoms with E-state index in [9.17, 15) is 9.59 Å². The lowest BCUT2D eigenvalue weighted by Crippen LogP contribution is -2.43. The maximum absolute atomic E-state index is 11.2. The number of Topliss-reactive ketones (excluding diaryl/α,β-unsaturated/α-hetero) is 2. The van der Waals surface area contributed by atoms with Crippen LogP contribution in [0.2, 0.25) is 0 Å². The molecule has 1 aliphatic heterocycles. The van der Waals surface area contributed by atoms with Crippen LogP contribution >= 0.6 is 0 Å². The van der Waals surface area contributed by atoms with E-state index in [2.05, 4.69) is 4.90 Å². The molecule has 1 unspecified atom stereocenters. The first-order valence-corrected chi connectivity index (χ1v) is 4.40. The lowest BCUT2D eigenvalue weighted by Gasteiger charge is -2.29. The Kier molecular flexibility index (Phi) is 2.98. The molecule has 3 heteroatoms. The molecule has 0 radical (unpaired) electrons. The van der Waals surface area contributed by atoms with Gasteiger partial charge in [-0.1, -0.05) is 6.92 Å². The third-order valence-corrected chi connectivity index (χ3v) is 2.44. The van der Waals surface area contributed by atoms with Crippen LogP contribution in [0.4, 0.5) is 0 Å². The Morgan fingerprint density at radius 1 is 1.67 bits per heavy atom. The maximum Gasteiger partial charge on any atom is 0.145 e. The fourth-order valence-electron chi connectivity index (χ4n) is 1.54. The summed E-state index contributed by atoms with van der Waals surface area (Å²) in [4.78, 5) is 24.4. The molecule has 0 aliphatic carbocycles. The number of hydrogen-bond donors (Lipinski definition) is 0. The van der Waals surface area contributed by atoms with E-state index in [1.54, 1.807) is 0 Å². The number of nitrogens with zero attached hydrogens (tertiary/aromatic N) is 1. The number of likely N-dealkylation sites (tertiary alicyclic amines) is 1. The van der Waals surface area contributed by atoms with Crippen molar-refractivity contribution < 1.29 is 9.59 Å². The summed E-state index contributed by atoms with van der Waals surface area (Å²) in [6.07, 6.45) is 0.540. The summed E-state index contributed by atoms with van der Waals surface area (Å²) in [5.41, 5.74) is 0. The van der Waals surface area contributed by atoms with E-state index in [-0.39, 0.29) is 17.5 Å². The Labute approximate surface area is 72.7 Å². The Bertz CT molecular complexity index is 201.